The zero-order chi connectivity index (χ0) is 12.4. The van der Waals surface area contributed by atoms with Crippen LogP contribution in [-0.4, -0.2) is 5.16 Å². The van der Waals surface area contributed by atoms with Gasteiger partial charge in [-0.05, 0) is 48.1 Å². The van der Waals surface area contributed by atoms with Gasteiger partial charge in [-0.3, -0.25) is 0 Å². The van der Waals surface area contributed by atoms with Gasteiger partial charge in [-0.1, -0.05) is 5.16 Å². The number of aryl methyl sites for hydroxylation is 2. The highest BCUT2D eigenvalue weighted by molar-refractivity contribution is 9.10. The van der Waals surface area contributed by atoms with E-state index in [4.69, 9.17) is 4.52 Å². The summed E-state index contributed by atoms with van der Waals surface area (Å²) in [6.45, 7) is 6.91. The van der Waals surface area contributed by atoms with E-state index in [1.54, 1.807) is 11.3 Å². The van der Waals surface area contributed by atoms with Gasteiger partial charge < -0.3 is 9.84 Å². The van der Waals surface area contributed by atoms with Gasteiger partial charge in [0, 0.05) is 27.5 Å². The molecular weight excluding hydrogens is 300 g/mol. The SMILES string of the molecule is Cc1noc(C)c1C(C)NCc1sccc1Br. The van der Waals surface area contributed by atoms with Gasteiger partial charge in [0.1, 0.15) is 5.76 Å². The molecule has 0 spiro atoms. The summed E-state index contributed by atoms with van der Waals surface area (Å²) in [4.78, 5) is 1.31. The van der Waals surface area contributed by atoms with Crippen molar-refractivity contribution in [2.24, 2.45) is 0 Å². The lowest BCUT2D eigenvalue weighted by Crippen LogP contribution is -2.18. The summed E-state index contributed by atoms with van der Waals surface area (Å²) < 4.78 is 6.35. The Labute approximate surface area is 113 Å². The van der Waals surface area contributed by atoms with Gasteiger partial charge in [-0.15, -0.1) is 11.3 Å². The van der Waals surface area contributed by atoms with Crippen molar-refractivity contribution in [3.63, 3.8) is 0 Å². The van der Waals surface area contributed by atoms with Crippen molar-refractivity contribution in [3.05, 3.63) is 37.8 Å². The number of hydrogen-bond donors (Lipinski definition) is 1. The van der Waals surface area contributed by atoms with Crippen LogP contribution in [0.1, 0.15) is 34.9 Å². The minimum atomic E-state index is 0.246. The Balaban J connectivity index is 2.03. The maximum Gasteiger partial charge on any atom is 0.138 e. The minimum absolute atomic E-state index is 0.246. The van der Waals surface area contributed by atoms with Crippen LogP contribution >= 0.6 is 27.3 Å². The lowest BCUT2D eigenvalue weighted by atomic mass is 10.1. The second kappa shape index (κ2) is 5.33. The maximum atomic E-state index is 5.18. The van der Waals surface area contributed by atoms with E-state index in [1.165, 1.54) is 9.35 Å². The van der Waals surface area contributed by atoms with Crippen molar-refractivity contribution in [2.75, 3.05) is 0 Å². The highest BCUT2D eigenvalue weighted by atomic mass is 79.9. The monoisotopic (exact) mass is 314 g/mol. The molecule has 1 atom stereocenters. The van der Waals surface area contributed by atoms with Crippen LogP contribution in [0.3, 0.4) is 0 Å². The summed E-state index contributed by atoms with van der Waals surface area (Å²) in [6, 6.07) is 2.32. The van der Waals surface area contributed by atoms with Crippen molar-refractivity contribution in [1.82, 2.24) is 10.5 Å². The molecule has 0 fully saturated rings. The summed E-state index contributed by atoms with van der Waals surface area (Å²) in [7, 11) is 0. The van der Waals surface area contributed by atoms with Gasteiger partial charge >= 0.3 is 0 Å². The van der Waals surface area contributed by atoms with E-state index in [-0.39, 0.29) is 6.04 Å². The number of rotatable bonds is 4. The molecule has 3 nitrogen and oxygen atoms in total. The third kappa shape index (κ3) is 2.78. The van der Waals surface area contributed by atoms with E-state index >= 15 is 0 Å². The fourth-order valence-corrected chi connectivity index (χ4v) is 3.35. The molecule has 0 radical (unpaired) electrons. The second-order valence-electron chi connectivity index (χ2n) is 4.03. The van der Waals surface area contributed by atoms with Crippen LogP contribution < -0.4 is 5.32 Å². The molecular formula is C12H15BrN2OS. The summed E-state index contributed by atoms with van der Waals surface area (Å²) in [5.41, 5.74) is 2.13. The Morgan fingerprint density at radius 1 is 1.53 bits per heavy atom. The van der Waals surface area contributed by atoms with Crippen molar-refractivity contribution in [3.8, 4) is 0 Å². The fourth-order valence-electron chi connectivity index (χ4n) is 1.91. The molecule has 1 N–H and O–H groups in total. The fraction of sp³-hybridized carbons (Fsp3) is 0.417. The van der Waals surface area contributed by atoms with Gasteiger partial charge in [0.15, 0.2) is 0 Å². The first kappa shape index (κ1) is 12.8. The molecule has 2 rings (SSSR count). The Hall–Kier alpha value is -0.650. The molecule has 0 aliphatic rings. The zero-order valence-electron chi connectivity index (χ0n) is 10.1. The number of nitrogens with zero attached hydrogens (tertiary/aromatic N) is 1. The number of aromatic nitrogens is 1. The first-order valence-corrected chi connectivity index (χ1v) is 7.15. The molecule has 0 amide bonds. The summed E-state index contributed by atoms with van der Waals surface area (Å²) >= 11 is 5.28. The normalized spacial score (nSPS) is 12.9. The first-order chi connectivity index (χ1) is 8.09. The Morgan fingerprint density at radius 2 is 2.29 bits per heavy atom. The molecule has 0 saturated heterocycles. The molecule has 2 aromatic heterocycles. The van der Waals surface area contributed by atoms with Gasteiger partial charge in [0.05, 0.1) is 5.69 Å². The summed E-state index contributed by atoms with van der Waals surface area (Å²) in [6.07, 6.45) is 0. The topological polar surface area (TPSA) is 38.1 Å². The molecule has 2 aromatic rings. The minimum Gasteiger partial charge on any atom is -0.361 e. The van der Waals surface area contributed by atoms with Crippen molar-refractivity contribution < 1.29 is 4.52 Å². The predicted molar refractivity (Wildman–Crippen MR) is 73.3 cm³/mol. The van der Waals surface area contributed by atoms with Crippen LogP contribution in [0.2, 0.25) is 0 Å². The van der Waals surface area contributed by atoms with E-state index in [9.17, 15) is 0 Å². The van der Waals surface area contributed by atoms with Crippen LogP contribution in [0.5, 0.6) is 0 Å². The van der Waals surface area contributed by atoms with Crippen molar-refractivity contribution in [1.29, 1.82) is 0 Å². The van der Waals surface area contributed by atoms with Crippen LogP contribution in [0.25, 0.3) is 0 Å². The average molecular weight is 315 g/mol. The van der Waals surface area contributed by atoms with E-state index in [0.29, 0.717) is 0 Å². The highest BCUT2D eigenvalue weighted by Gasteiger charge is 2.16. The highest BCUT2D eigenvalue weighted by Crippen LogP contribution is 2.25. The van der Waals surface area contributed by atoms with Crippen molar-refractivity contribution in [2.45, 2.75) is 33.4 Å². The Kier molecular flexibility index (Phi) is 4.01. The molecule has 0 saturated carbocycles. The Bertz CT molecular complexity index is 487. The third-order valence-electron chi connectivity index (χ3n) is 2.78. The summed E-state index contributed by atoms with van der Waals surface area (Å²) in [5.74, 6) is 0.896. The lowest BCUT2D eigenvalue weighted by molar-refractivity contribution is 0.390. The van der Waals surface area contributed by atoms with E-state index in [1.807, 2.05) is 13.8 Å². The molecule has 0 aliphatic carbocycles. The predicted octanol–water partition coefficient (Wildman–Crippen LogP) is 3.97. The van der Waals surface area contributed by atoms with Crippen LogP contribution in [0, 0.1) is 13.8 Å². The van der Waals surface area contributed by atoms with Crippen LogP contribution in [-0.2, 0) is 6.54 Å². The quantitative estimate of drug-likeness (QED) is 0.928. The third-order valence-corrected chi connectivity index (χ3v) is 4.71. The number of thiophene rings is 1. The van der Waals surface area contributed by atoms with E-state index in [0.717, 1.165) is 23.6 Å². The largest absolute Gasteiger partial charge is 0.361 e. The molecule has 0 aromatic carbocycles. The smallest absolute Gasteiger partial charge is 0.138 e. The number of hydrogen-bond acceptors (Lipinski definition) is 4. The van der Waals surface area contributed by atoms with Gasteiger partial charge in [-0.25, -0.2) is 0 Å². The van der Waals surface area contributed by atoms with E-state index < -0.39 is 0 Å². The summed E-state index contributed by atoms with van der Waals surface area (Å²) in [5, 5.41) is 9.55. The molecule has 0 bridgehead atoms. The molecule has 0 aliphatic heterocycles. The van der Waals surface area contributed by atoms with Gasteiger partial charge in [0.2, 0.25) is 0 Å². The lowest BCUT2D eigenvalue weighted by Gasteiger charge is -2.13. The van der Waals surface area contributed by atoms with Crippen LogP contribution in [0.15, 0.2) is 20.4 Å². The molecule has 17 heavy (non-hydrogen) atoms. The average Bonchev–Trinajstić information content (AvgIpc) is 2.83. The molecule has 2 heterocycles. The van der Waals surface area contributed by atoms with E-state index in [2.05, 4.69) is 44.8 Å². The Morgan fingerprint density at radius 3 is 2.82 bits per heavy atom. The second-order valence-corrected chi connectivity index (χ2v) is 5.89. The van der Waals surface area contributed by atoms with Gasteiger partial charge in [0.25, 0.3) is 0 Å². The first-order valence-electron chi connectivity index (χ1n) is 5.47. The van der Waals surface area contributed by atoms with Crippen molar-refractivity contribution >= 4 is 27.3 Å². The number of nitrogens with one attached hydrogen (secondary N) is 1. The van der Waals surface area contributed by atoms with Gasteiger partial charge in [-0.2, -0.15) is 0 Å². The maximum absolute atomic E-state index is 5.18. The zero-order valence-corrected chi connectivity index (χ0v) is 12.5. The molecule has 1 unspecified atom stereocenters. The van der Waals surface area contributed by atoms with Crippen LogP contribution in [0.4, 0.5) is 0 Å². The molecule has 5 heteroatoms. The molecule has 92 valence electrons. The standard InChI is InChI=1S/C12H15BrN2OS/c1-7(12-8(2)15-16-9(12)3)14-6-11-10(13)4-5-17-11/h4-5,7,14H,6H2,1-3H3. The number of halogens is 1.